The number of fused-ring (bicyclic) bond motifs is 1. The molecule has 0 saturated heterocycles. The van der Waals surface area contributed by atoms with Gasteiger partial charge in [-0.25, -0.2) is 17.7 Å². The van der Waals surface area contributed by atoms with E-state index in [0.29, 0.717) is 38.0 Å². The van der Waals surface area contributed by atoms with Crippen LogP contribution in [0.15, 0.2) is 59.9 Å². The Labute approximate surface area is 277 Å². The van der Waals surface area contributed by atoms with Crippen molar-refractivity contribution in [2.75, 3.05) is 18.1 Å². The van der Waals surface area contributed by atoms with Crippen LogP contribution in [0.5, 0.6) is 0 Å². The van der Waals surface area contributed by atoms with Gasteiger partial charge in [-0.1, -0.05) is 64.7 Å². The maximum Gasteiger partial charge on any atom is 0.417 e. The molecule has 0 radical (unpaired) electrons. The van der Waals surface area contributed by atoms with Crippen molar-refractivity contribution in [3.05, 3.63) is 81.9 Å². The number of rotatable bonds is 11. The fourth-order valence-electron chi connectivity index (χ4n) is 6.73. The number of aromatic nitrogens is 3. The molecule has 248 valence electrons. The van der Waals surface area contributed by atoms with Crippen molar-refractivity contribution in [1.82, 2.24) is 14.2 Å². The Hall–Kier alpha value is -2.97. The first-order valence-electron chi connectivity index (χ1n) is 14.5. The molecule has 0 spiro atoms. The van der Waals surface area contributed by atoms with Crippen molar-refractivity contribution >= 4 is 64.0 Å². The molecule has 15 heteroatoms. The number of ketones is 1. The van der Waals surface area contributed by atoms with Crippen molar-refractivity contribution in [3.8, 4) is 0 Å². The molecule has 0 aliphatic carbocycles. The largest absolute Gasteiger partial charge is 0.417 e. The number of benzene rings is 1. The van der Waals surface area contributed by atoms with Gasteiger partial charge in [-0.15, -0.1) is 0 Å². The lowest BCUT2D eigenvalue weighted by Crippen LogP contribution is -2.51. The predicted octanol–water partition coefficient (Wildman–Crippen LogP) is 8.81. The highest BCUT2D eigenvalue weighted by Crippen LogP contribution is 2.45. The van der Waals surface area contributed by atoms with Gasteiger partial charge in [0.1, 0.15) is 18.1 Å². The van der Waals surface area contributed by atoms with E-state index in [4.69, 9.17) is 27.9 Å². The van der Waals surface area contributed by atoms with Gasteiger partial charge in [0.15, 0.2) is 8.24 Å². The number of hydrogen-bond acceptors (Lipinski definition) is 6. The molecule has 0 atom stereocenters. The third kappa shape index (κ3) is 6.07. The Bertz CT molecular complexity index is 1860. The highest BCUT2D eigenvalue weighted by Gasteiger charge is 2.46. The van der Waals surface area contributed by atoms with E-state index in [2.05, 4.69) is 55.7 Å². The molecule has 0 unspecified atom stereocenters. The SMILES string of the molecule is COCN(c1cccnc1C(=O)c1c(Cl)cnc2c1ccn2[Si](C(C)C)(C(C)C)C(C)C)S(=O)(=O)c1ccc(Cl)c(C(F)(F)F)c1. The molecule has 0 amide bonds. The zero-order valence-electron chi connectivity index (χ0n) is 26.4. The van der Waals surface area contributed by atoms with Gasteiger partial charge in [0.25, 0.3) is 10.0 Å². The van der Waals surface area contributed by atoms with Crippen molar-refractivity contribution in [3.63, 3.8) is 0 Å². The molecule has 4 rings (SSSR count). The zero-order chi connectivity index (χ0) is 34.4. The van der Waals surface area contributed by atoms with Crippen LogP contribution in [0.4, 0.5) is 18.9 Å². The number of sulfonamides is 1. The Morgan fingerprint density at radius 1 is 1.00 bits per heavy atom. The topological polar surface area (TPSA) is 94.4 Å². The standard InChI is InChI=1S/C31H35Cl2F3N4O4SSi/c1-18(2)46(19(3)4,20(5)6)40-14-12-22-27(25(33)16-38-30(22)40)29(41)28-26(9-8-13-37-28)39(17-44-7)45(42,43)21-10-11-24(32)23(15-21)31(34,35)36/h8-16,18-20H,17H2,1-7H3. The normalized spacial score (nSPS) is 12.9. The number of carbonyl (C=O) groups is 1. The smallest absolute Gasteiger partial charge is 0.363 e. The third-order valence-corrected chi connectivity index (χ3v) is 17.5. The summed E-state index contributed by atoms with van der Waals surface area (Å²) in [6.07, 6.45) is -0.265. The number of alkyl halides is 3. The molecule has 0 aliphatic heterocycles. The average molecular weight is 716 g/mol. The molecule has 46 heavy (non-hydrogen) atoms. The average Bonchev–Trinajstić information content (AvgIpc) is 3.38. The molecule has 3 aromatic heterocycles. The van der Waals surface area contributed by atoms with E-state index in [9.17, 15) is 26.4 Å². The van der Waals surface area contributed by atoms with Gasteiger partial charge in [0, 0.05) is 24.9 Å². The number of halogens is 5. The van der Waals surface area contributed by atoms with Crippen molar-refractivity contribution in [2.45, 2.75) is 69.2 Å². The fourth-order valence-corrected chi connectivity index (χ4v) is 15.1. The van der Waals surface area contributed by atoms with Gasteiger partial charge in [-0.05, 0) is 59.2 Å². The Kier molecular flexibility index (Phi) is 10.3. The number of hydrogen-bond donors (Lipinski definition) is 0. The summed E-state index contributed by atoms with van der Waals surface area (Å²) in [4.78, 5) is 22.5. The first kappa shape index (κ1) is 35.9. The summed E-state index contributed by atoms with van der Waals surface area (Å²) in [5.41, 5.74) is -0.222. The Balaban J connectivity index is 1.93. The lowest BCUT2D eigenvalue weighted by atomic mass is 10.0. The van der Waals surface area contributed by atoms with Crippen LogP contribution < -0.4 is 4.31 Å². The summed E-state index contributed by atoms with van der Waals surface area (Å²) >= 11 is 12.4. The molecule has 0 aliphatic rings. The van der Waals surface area contributed by atoms with E-state index in [1.807, 2.05) is 6.20 Å². The van der Waals surface area contributed by atoms with Crippen LogP contribution in [0.3, 0.4) is 0 Å². The molecular weight excluding hydrogens is 680 g/mol. The summed E-state index contributed by atoms with van der Waals surface area (Å²) in [5, 5.41) is -0.155. The molecule has 8 nitrogen and oxygen atoms in total. The summed E-state index contributed by atoms with van der Waals surface area (Å²) in [7, 11) is -5.83. The third-order valence-electron chi connectivity index (χ3n) is 8.43. The number of methoxy groups -OCH3 is 1. The minimum absolute atomic E-state index is 0.0337. The van der Waals surface area contributed by atoms with Gasteiger partial charge < -0.3 is 8.97 Å². The van der Waals surface area contributed by atoms with E-state index in [1.54, 1.807) is 6.07 Å². The lowest BCUT2D eigenvalue weighted by molar-refractivity contribution is -0.137. The fraction of sp³-hybridized carbons (Fsp3) is 0.387. The molecule has 0 bridgehead atoms. The number of ether oxygens (including phenoxy) is 1. The van der Waals surface area contributed by atoms with E-state index in [1.165, 1.54) is 31.6 Å². The van der Waals surface area contributed by atoms with Gasteiger partial charge in [0.05, 0.1) is 31.8 Å². The zero-order valence-corrected chi connectivity index (χ0v) is 29.7. The maximum atomic E-state index is 14.4. The second kappa shape index (κ2) is 13.3. The Morgan fingerprint density at radius 2 is 1.63 bits per heavy atom. The molecule has 1 aromatic carbocycles. The van der Waals surface area contributed by atoms with Crippen molar-refractivity contribution < 1.29 is 31.1 Å². The quantitative estimate of drug-likeness (QED) is 0.0876. The number of pyridine rings is 2. The molecule has 0 fully saturated rings. The number of carbonyl (C=O) groups excluding carboxylic acids is 1. The van der Waals surface area contributed by atoms with Gasteiger partial charge >= 0.3 is 6.18 Å². The van der Waals surface area contributed by atoms with E-state index < -0.39 is 52.4 Å². The monoisotopic (exact) mass is 714 g/mol. The van der Waals surface area contributed by atoms with E-state index in [0.717, 1.165) is 12.1 Å². The van der Waals surface area contributed by atoms with Crippen LogP contribution in [0, 0.1) is 0 Å². The van der Waals surface area contributed by atoms with Crippen LogP contribution in [-0.4, -0.2) is 50.5 Å². The maximum absolute atomic E-state index is 14.4. The van der Waals surface area contributed by atoms with Crippen LogP contribution in [-0.2, 0) is 20.9 Å². The molecule has 0 N–H and O–H groups in total. The summed E-state index contributed by atoms with van der Waals surface area (Å²) < 4.78 is 76.7. The van der Waals surface area contributed by atoms with Crippen LogP contribution in [0.25, 0.3) is 11.0 Å². The first-order valence-corrected chi connectivity index (χ1v) is 18.8. The molecular formula is C31H35Cl2F3N4O4SSi. The minimum atomic E-state index is -4.91. The predicted molar refractivity (Wildman–Crippen MR) is 177 cm³/mol. The van der Waals surface area contributed by atoms with Gasteiger partial charge in [0.2, 0.25) is 5.78 Å². The van der Waals surface area contributed by atoms with Crippen LogP contribution in [0.2, 0.25) is 26.7 Å². The molecule has 0 saturated carbocycles. The second-order valence-corrected chi connectivity index (χ2v) is 20.3. The second-order valence-electron chi connectivity index (χ2n) is 11.9. The van der Waals surface area contributed by atoms with E-state index >= 15 is 0 Å². The number of anilines is 1. The van der Waals surface area contributed by atoms with E-state index in [-0.39, 0.29) is 22.0 Å². The first-order chi connectivity index (χ1) is 21.4. The van der Waals surface area contributed by atoms with Crippen LogP contribution in [0.1, 0.15) is 63.2 Å². The molecule has 4 aromatic rings. The summed E-state index contributed by atoms with van der Waals surface area (Å²) in [6, 6.07) is 6.76. The van der Waals surface area contributed by atoms with Gasteiger partial charge in [-0.3, -0.25) is 9.78 Å². The Morgan fingerprint density at radius 3 is 2.20 bits per heavy atom. The number of nitrogens with zero attached hydrogens (tertiary/aromatic N) is 4. The highest BCUT2D eigenvalue weighted by atomic mass is 35.5. The van der Waals surface area contributed by atoms with Crippen molar-refractivity contribution in [2.24, 2.45) is 0 Å². The summed E-state index contributed by atoms with van der Waals surface area (Å²) in [6.45, 7) is 12.5. The summed E-state index contributed by atoms with van der Waals surface area (Å²) in [5.74, 6) is -0.694. The molecule has 3 heterocycles. The van der Waals surface area contributed by atoms with Crippen LogP contribution >= 0.6 is 23.2 Å². The highest BCUT2D eigenvalue weighted by molar-refractivity contribution is 7.92. The minimum Gasteiger partial charge on any atom is -0.363 e. The van der Waals surface area contributed by atoms with Crippen molar-refractivity contribution in [1.29, 1.82) is 0 Å². The van der Waals surface area contributed by atoms with Gasteiger partial charge in [-0.2, -0.15) is 13.2 Å². The lowest BCUT2D eigenvalue weighted by Gasteiger charge is -2.44.